The molecule has 196 valence electrons. The highest BCUT2D eigenvalue weighted by Crippen LogP contribution is 2.41. The van der Waals surface area contributed by atoms with Gasteiger partial charge in [-0.15, -0.1) is 11.3 Å². The number of hydrogen-bond acceptors (Lipinski definition) is 8. The zero-order valence-electron chi connectivity index (χ0n) is 22.0. The molecule has 10 heteroatoms. The minimum atomic E-state index is 0.262. The molecule has 4 aromatic heterocycles. The van der Waals surface area contributed by atoms with Crippen molar-refractivity contribution in [3.8, 4) is 27.7 Å². The Kier molecular flexibility index (Phi) is 6.50. The summed E-state index contributed by atoms with van der Waals surface area (Å²) in [5, 5.41) is 13.4. The molecule has 0 radical (unpaired) electrons. The Hall–Kier alpha value is -2.82. The van der Waals surface area contributed by atoms with Crippen LogP contribution in [0.5, 0.6) is 5.75 Å². The van der Waals surface area contributed by atoms with E-state index in [0.29, 0.717) is 22.7 Å². The maximum absolute atomic E-state index is 5.58. The van der Waals surface area contributed by atoms with E-state index in [4.69, 9.17) is 19.6 Å². The zero-order valence-corrected chi connectivity index (χ0v) is 22.8. The molecule has 0 spiro atoms. The van der Waals surface area contributed by atoms with Crippen LogP contribution in [0.3, 0.4) is 0 Å². The van der Waals surface area contributed by atoms with Crippen molar-refractivity contribution in [1.29, 1.82) is 0 Å². The normalized spacial score (nSPS) is 18.5. The first kappa shape index (κ1) is 24.5. The summed E-state index contributed by atoms with van der Waals surface area (Å²) >= 11 is 1.81. The summed E-state index contributed by atoms with van der Waals surface area (Å²) in [6.07, 6.45) is 9.15. The second-order valence-electron chi connectivity index (χ2n) is 10.8. The first-order valence-corrected chi connectivity index (χ1v) is 14.0. The van der Waals surface area contributed by atoms with Crippen molar-refractivity contribution >= 4 is 17.0 Å². The van der Waals surface area contributed by atoms with Gasteiger partial charge in [-0.2, -0.15) is 10.2 Å². The molecule has 6 heterocycles. The summed E-state index contributed by atoms with van der Waals surface area (Å²) in [7, 11) is 1.65. The van der Waals surface area contributed by atoms with Gasteiger partial charge in [0.1, 0.15) is 11.3 Å². The highest BCUT2D eigenvalue weighted by molar-refractivity contribution is 7.15. The molecular formula is C27H35N7O2S. The van der Waals surface area contributed by atoms with Gasteiger partial charge < -0.3 is 14.4 Å². The minimum absolute atomic E-state index is 0.262. The van der Waals surface area contributed by atoms with E-state index < -0.39 is 0 Å². The van der Waals surface area contributed by atoms with Crippen molar-refractivity contribution in [3.05, 3.63) is 35.2 Å². The number of H-pyrrole nitrogens is 1. The topological polar surface area (TPSA) is 93.5 Å². The number of thiazole rings is 1. The highest BCUT2D eigenvalue weighted by Gasteiger charge is 2.39. The third-order valence-electron chi connectivity index (χ3n) is 8.07. The fraction of sp³-hybridized carbons (Fsp3) is 0.556. The van der Waals surface area contributed by atoms with Crippen LogP contribution in [0.2, 0.25) is 0 Å². The number of nitrogens with zero attached hydrogens (tertiary/aromatic N) is 6. The van der Waals surface area contributed by atoms with E-state index in [0.717, 1.165) is 53.8 Å². The SMILES string of the molecule is CCC1(CN2CCC(c3cnc(-c4[nH]nc(-c5cc(OC)c6ncnn6c5)c4C(C)C)s3)CC2)COC1. The van der Waals surface area contributed by atoms with Crippen LogP contribution in [0.4, 0.5) is 0 Å². The standard InChI is InChI=1S/C27H35N7O2S/c1-5-27(14-36-15-27)13-33-8-6-18(7-9-33)21-11-28-26(37-21)24-22(17(2)3)23(31-32-24)19-10-20(35-4)25-29-16-30-34(25)12-19/h10-12,16-18H,5-9,13-15H2,1-4H3,(H,31,32). The van der Waals surface area contributed by atoms with Gasteiger partial charge in [0.15, 0.2) is 11.4 Å². The number of pyridine rings is 1. The molecule has 0 aliphatic carbocycles. The maximum Gasteiger partial charge on any atom is 0.197 e. The van der Waals surface area contributed by atoms with Gasteiger partial charge in [0.05, 0.1) is 31.7 Å². The van der Waals surface area contributed by atoms with Gasteiger partial charge in [-0.25, -0.2) is 14.5 Å². The lowest BCUT2D eigenvalue weighted by atomic mass is 9.82. The molecule has 0 saturated carbocycles. The molecule has 1 N–H and O–H groups in total. The quantitative estimate of drug-likeness (QED) is 0.349. The number of nitrogens with one attached hydrogen (secondary N) is 1. The van der Waals surface area contributed by atoms with E-state index in [1.165, 1.54) is 37.0 Å². The summed E-state index contributed by atoms with van der Waals surface area (Å²) in [6, 6.07) is 1.98. The van der Waals surface area contributed by atoms with Crippen LogP contribution in [0.1, 0.15) is 62.3 Å². The molecule has 0 aromatic carbocycles. The Labute approximate surface area is 221 Å². The third-order valence-corrected chi connectivity index (χ3v) is 9.25. The van der Waals surface area contributed by atoms with Crippen LogP contribution in [-0.4, -0.2) is 74.6 Å². The summed E-state index contributed by atoms with van der Waals surface area (Å²) in [5.74, 6) is 1.51. The van der Waals surface area contributed by atoms with Crippen molar-refractivity contribution in [2.75, 3.05) is 40.0 Å². The molecule has 0 unspecified atom stereocenters. The largest absolute Gasteiger partial charge is 0.493 e. The lowest BCUT2D eigenvalue weighted by Gasteiger charge is -2.45. The molecule has 2 saturated heterocycles. The lowest BCUT2D eigenvalue weighted by molar-refractivity contribution is -0.129. The number of hydrogen-bond donors (Lipinski definition) is 1. The van der Waals surface area contributed by atoms with Crippen LogP contribution in [0.15, 0.2) is 24.8 Å². The van der Waals surface area contributed by atoms with E-state index in [2.05, 4.69) is 47.0 Å². The van der Waals surface area contributed by atoms with Gasteiger partial charge in [0.25, 0.3) is 0 Å². The molecule has 0 atom stereocenters. The van der Waals surface area contributed by atoms with Crippen molar-refractivity contribution in [3.63, 3.8) is 0 Å². The van der Waals surface area contributed by atoms with E-state index in [1.807, 2.05) is 12.3 Å². The predicted molar refractivity (Wildman–Crippen MR) is 144 cm³/mol. The van der Waals surface area contributed by atoms with Gasteiger partial charge in [0.2, 0.25) is 0 Å². The average molecular weight is 522 g/mol. The van der Waals surface area contributed by atoms with Gasteiger partial charge in [-0.05, 0) is 50.3 Å². The second-order valence-corrected chi connectivity index (χ2v) is 11.9. The first-order valence-electron chi connectivity index (χ1n) is 13.2. The Bertz CT molecular complexity index is 1370. The van der Waals surface area contributed by atoms with Gasteiger partial charge in [-0.1, -0.05) is 20.8 Å². The molecule has 4 aromatic rings. The highest BCUT2D eigenvalue weighted by atomic mass is 32.1. The van der Waals surface area contributed by atoms with Crippen LogP contribution in [0.25, 0.3) is 27.6 Å². The van der Waals surface area contributed by atoms with Gasteiger partial charge in [-0.3, -0.25) is 5.10 Å². The Morgan fingerprint density at radius 1 is 1.24 bits per heavy atom. The number of ether oxygens (including phenoxy) is 2. The molecular weight excluding hydrogens is 486 g/mol. The smallest absolute Gasteiger partial charge is 0.197 e. The first-order chi connectivity index (χ1) is 18.0. The fourth-order valence-electron chi connectivity index (χ4n) is 5.71. The zero-order chi connectivity index (χ0) is 25.6. The van der Waals surface area contributed by atoms with Crippen molar-refractivity contribution < 1.29 is 9.47 Å². The second kappa shape index (κ2) is 9.81. The summed E-state index contributed by atoms with van der Waals surface area (Å²) in [5.41, 5.74) is 5.08. The number of rotatable bonds is 8. The van der Waals surface area contributed by atoms with Crippen molar-refractivity contribution in [1.82, 2.24) is 34.7 Å². The minimum Gasteiger partial charge on any atom is -0.493 e. The van der Waals surface area contributed by atoms with E-state index in [9.17, 15) is 0 Å². The summed E-state index contributed by atoms with van der Waals surface area (Å²) in [4.78, 5) is 13.2. The Morgan fingerprint density at radius 3 is 2.73 bits per heavy atom. The van der Waals surface area contributed by atoms with Crippen LogP contribution < -0.4 is 4.74 Å². The molecule has 0 amide bonds. The number of methoxy groups -OCH3 is 1. The number of aromatic amines is 1. The molecule has 2 fully saturated rings. The summed E-state index contributed by atoms with van der Waals surface area (Å²) in [6.45, 7) is 12.0. The monoisotopic (exact) mass is 521 g/mol. The Balaban J connectivity index is 1.23. The van der Waals surface area contributed by atoms with Gasteiger partial charge >= 0.3 is 0 Å². The molecule has 0 bridgehead atoms. The van der Waals surface area contributed by atoms with Crippen LogP contribution >= 0.6 is 11.3 Å². The average Bonchev–Trinajstić information content (AvgIpc) is 3.64. The number of aromatic nitrogens is 6. The predicted octanol–water partition coefficient (Wildman–Crippen LogP) is 4.98. The molecule has 37 heavy (non-hydrogen) atoms. The molecule has 2 aliphatic heterocycles. The molecule has 6 rings (SSSR count). The Morgan fingerprint density at radius 2 is 2.05 bits per heavy atom. The van der Waals surface area contributed by atoms with E-state index in [-0.39, 0.29) is 5.92 Å². The van der Waals surface area contributed by atoms with Gasteiger partial charge in [0, 0.05) is 40.4 Å². The number of likely N-dealkylation sites (tertiary alicyclic amines) is 1. The summed E-state index contributed by atoms with van der Waals surface area (Å²) < 4.78 is 12.9. The number of piperidine rings is 1. The maximum atomic E-state index is 5.58. The van der Waals surface area contributed by atoms with E-state index in [1.54, 1.807) is 23.0 Å². The van der Waals surface area contributed by atoms with E-state index >= 15 is 0 Å². The van der Waals surface area contributed by atoms with Crippen LogP contribution in [-0.2, 0) is 4.74 Å². The van der Waals surface area contributed by atoms with Crippen molar-refractivity contribution in [2.45, 2.75) is 51.9 Å². The van der Waals surface area contributed by atoms with Crippen molar-refractivity contribution in [2.24, 2.45) is 5.41 Å². The molecule has 2 aliphatic rings. The lowest BCUT2D eigenvalue weighted by Crippen LogP contribution is -2.51. The number of fused-ring (bicyclic) bond motifs is 1. The third kappa shape index (κ3) is 4.45. The molecule has 9 nitrogen and oxygen atoms in total. The van der Waals surface area contributed by atoms with Crippen LogP contribution in [0, 0.1) is 5.41 Å². The fourth-order valence-corrected chi connectivity index (χ4v) is 6.80.